The van der Waals surface area contributed by atoms with Crippen molar-refractivity contribution in [3.05, 3.63) is 0 Å². The lowest BCUT2D eigenvalue weighted by molar-refractivity contribution is -0.00000799. The number of unbranched alkanes of at least 4 members (excludes halogenated alkanes) is 22. The van der Waals surface area contributed by atoms with Crippen LogP contribution in [0.2, 0.25) is 0 Å². The first-order valence-corrected chi connectivity index (χ1v) is 19.6. The third kappa shape index (κ3) is 26.3. The van der Waals surface area contributed by atoms with Crippen molar-refractivity contribution in [2.75, 3.05) is 24.6 Å². The number of rotatable bonds is 30. The predicted molar refractivity (Wildman–Crippen MR) is 169 cm³/mol. The Labute approximate surface area is 238 Å². The molecule has 0 bridgehead atoms. The number of halogens is 1. The van der Waals surface area contributed by atoms with Gasteiger partial charge >= 0.3 is 0 Å². The Morgan fingerprint density at radius 2 is 0.417 bits per heavy atom. The molecule has 0 aromatic heterocycles. The molecule has 0 unspecified atom stereocenters. The summed E-state index contributed by atoms with van der Waals surface area (Å²) in [5, 5.41) is 0. The normalized spacial score (nSPS) is 11.7. The van der Waals surface area contributed by atoms with Gasteiger partial charge in [0.05, 0.1) is 24.6 Å². The molecule has 0 saturated carbocycles. The van der Waals surface area contributed by atoms with Crippen LogP contribution in [0, 0.1) is 0 Å². The molecule has 0 fully saturated rings. The highest BCUT2D eigenvalue weighted by Gasteiger charge is 2.34. The summed E-state index contributed by atoms with van der Waals surface area (Å²) in [5.74, 6) is 0. The van der Waals surface area contributed by atoms with Gasteiger partial charge in [-0.05, 0) is 51.4 Å². The molecule has 0 heterocycles. The molecule has 0 radical (unpaired) electrons. The fraction of sp³-hybridized carbons (Fsp3) is 1.00. The van der Waals surface area contributed by atoms with Crippen molar-refractivity contribution < 1.29 is 12.4 Å². The van der Waals surface area contributed by atoms with Gasteiger partial charge in [-0.25, -0.2) is 0 Å². The predicted octanol–water partition coefficient (Wildman–Crippen LogP) is 10.2. The molecule has 0 amide bonds. The minimum absolute atomic E-state index is 0. The van der Waals surface area contributed by atoms with Crippen molar-refractivity contribution in [2.45, 2.75) is 195 Å². The maximum absolute atomic E-state index is 2.36. The van der Waals surface area contributed by atoms with Gasteiger partial charge in [-0.2, -0.15) is 0 Å². The van der Waals surface area contributed by atoms with Crippen molar-refractivity contribution in [3.63, 3.8) is 0 Å². The van der Waals surface area contributed by atoms with E-state index in [0.717, 1.165) is 0 Å². The van der Waals surface area contributed by atoms with Crippen LogP contribution in [0.1, 0.15) is 195 Å². The molecule has 0 aromatic rings. The van der Waals surface area contributed by atoms with Crippen molar-refractivity contribution in [3.8, 4) is 0 Å². The van der Waals surface area contributed by atoms with Gasteiger partial charge in [-0.1, -0.05) is 143 Å². The molecule has 2 heteroatoms. The van der Waals surface area contributed by atoms with E-state index in [2.05, 4.69) is 27.7 Å². The van der Waals surface area contributed by atoms with E-state index in [1.54, 1.807) is 50.3 Å². The molecule has 0 aliphatic rings. The zero-order valence-electron chi connectivity index (χ0n) is 26.0. The van der Waals surface area contributed by atoms with Crippen LogP contribution in [-0.2, 0) is 0 Å². The first-order valence-electron chi connectivity index (χ1n) is 17.1. The lowest BCUT2D eigenvalue weighted by Gasteiger charge is -2.28. The summed E-state index contributed by atoms with van der Waals surface area (Å²) in [4.78, 5) is 0. The van der Waals surface area contributed by atoms with Crippen molar-refractivity contribution >= 4 is 7.26 Å². The first-order chi connectivity index (χ1) is 17.2. The van der Waals surface area contributed by atoms with E-state index in [0.29, 0.717) is 0 Å². The van der Waals surface area contributed by atoms with E-state index in [1.807, 2.05) is 0 Å². The maximum atomic E-state index is 2.36. The average molecular weight is 547 g/mol. The molecule has 0 atom stereocenters. The van der Waals surface area contributed by atoms with E-state index in [9.17, 15) is 0 Å². The smallest absolute Gasteiger partial charge is 0.0594 e. The van der Waals surface area contributed by atoms with Crippen molar-refractivity contribution in [1.82, 2.24) is 0 Å². The maximum Gasteiger partial charge on any atom is 0.0594 e. The lowest BCUT2D eigenvalue weighted by Crippen LogP contribution is -3.00. The van der Waals surface area contributed by atoms with Crippen LogP contribution in [0.4, 0.5) is 0 Å². The summed E-state index contributed by atoms with van der Waals surface area (Å²) < 4.78 is 0. The SMILES string of the molecule is CCCCCCCCCC[P+](CCCCCCC)(CCCCCCC)CCCCCCCCCC.[Cl-]. The van der Waals surface area contributed by atoms with Crippen LogP contribution in [0.15, 0.2) is 0 Å². The Kier molecular flexibility index (Phi) is 34.5. The average Bonchev–Trinajstić information content (AvgIpc) is 2.87. The number of hydrogen-bond donors (Lipinski definition) is 0. The largest absolute Gasteiger partial charge is 1.00 e. The van der Waals surface area contributed by atoms with Crippen LogP contribution in [-0.4, -0.2) is 24.6 Å². The molecule has 0 aliphatic carbocycles. The van der Waals surface area contributed by atoms with Gasteiger partial charge in [-0.15, -0.1) is 0 Å². The highest BCUT2D eigenvalue weighted by atomic mass is 35.5. The molecule has 0 aromatic carbocycles. The minimum Gasteiger partial charge on any atom is -1.00 e. The topological polar surface area (TPSA) is 0 Å². The lowest BCUT2D eigenvalue weighted by atomic mass is 10.1. The van der Waals surface area contributed by atoms with Crippen LogP contribution in [0.3, 0.4) is 0 Å². The molecule has 0 saturated heterocycles. The molecular weight excluding hydrogens is 475 g/mol. The standard InChI is InChI=1S/C34H72P.ClH/c1-5-9-13-17-19-21-25-29-33-35(31-27-23-15-11-7-3,32-28-24-16-12-8-4)34-30-26-22-20-18-14-10-6-2;/h5-34H2,1-4H3;1H/q+1;/p-1. The summed E-state index contributed by atoms with van der Waals surface area (Å²) >= 11 is 0. The van der Waals surface area contributed by atoms with Crippen molar-refractivity contribution in [2.24, 2.45) is 0 Å². The molecule has 0 rings (SSSR count). The second-order valence-corrected chi connectivity index (χ2v) is 16.5. The molecule has 0 N–H and O–H groups in total. The summed E-state index contributed by atoms with van der Waals surface area (Å²) in [6, 6.07) is 0. The molecule has 0 spiro atoms. The van der Waals surface area contributed by atoms with Gasteiger partial charge < -0.3 is 12.4 Å². The first kappa shape index (κ1) is 38.9. The van der Waals surface area contributed by atoms with Crippen LogP contribution >= 0.6 is 7.26 Å². The third-order valence-electron chi connectivity index (χ3n) is 8.44. The van der Waals surface area contributed by atoms with Crippen molar-refractivity contribution in [1.29, 1.82) is 0 Å². The van der Waals surface area contributed by atoms with Gasteiger partial charge in [0.1, 0.15) is 0 Å². The van der Waals surface area contributed by atoms with Gasteiger partial charge in [-0.3, -0.25) is 0 Å². The van der Waals surface area contributed by atoms with Crippen LogP contribution in [0.5, 0.6) is 0 Å². The molecule has 36 heavy (non-hydrogen) atoms. The molecule has 220 valence electrons. The summed E-state index contributed by atoms with van der Waals surface area (Å²) in [6.45, 7) is 9.39. The zero-order valence-corrected chi connectivity index (χ0v) is 27.7. The Hall–Kier alpha value is 0.720. The summed E-state index contributed by atoms with van der Waals surface area (Å²) in [7, 11) is -0.726. The van der Waals surface area contributed by atoms with E-state index >= 15 is 0 Å². The quantitative estimate of drug-likeness (QED) is 0.0620. The third-order valence-corrected chi connectivity index (χ3v) is 13.5. The molecule has 0 nitrogen and oxygen atoms in total. The van der Waals surface area contributed by atoms with Gasteiger partial charge in [0.2, 0.25) is 0 Å². The van der Waals surface area contributed by atoms with E-state index in [-0.39, 0.29) is 12.4 Å². The van der Waals surface area contributed by atoms with Crippen LogP contribution < -0.4 is 12.4 Å². The Balaban J connectivity index is 0. The van der Waals surface area contributed by atoms with Crippen LogP contribution in [0.25, 0.3) is 0 Å². The van der Waals surface area contributed by atoms with E-state index in [1.165, 1.54) is 141 Å². The van der Waals surface area contributed by atoms with Gasteiger partial charge in [0, 0.05) is 7.26 Å². The second-order valence-electron chi connectivity index (χ2n) is 12.0. The molecular formula is C34H72ClP. The summed E-state index contributed by atoms with van der Waals surface area (Å²) in [6.07, 6.45) is 45.1. The van der Waals surface area contributed by atoms with Gasteiger partial charge in [0.25, 0.3) is 0 Å². The highest BCUT2D eigenvalue weighted by molar-refractivity contribution is 7.75. The van der Waals surface area contributed by atoms with Gasteiger partial charge in [0.15, 0.2) is 0 Å². The van der Waals surface area contributed by atoms with E-state index in [4.69, 9.17) is 0 Å². The fourth-order valence-corrected chi connectivity index (χ4v) is 10.9. The minimum atomic E-state index is -0.726. The fourth-order valence-electron chi connectivity index (χ4n) is 5.93. The Morgan fingerprint density at radius 1 is 0.250 bits per heavy atom. The zero-order chi connectivity index (χ0) is 25.7. The molecule has 0 aliphatic heterocycles. The Bertz CT molecular complexity index is 347. The monoisotopic (exact) mass is 547 g/mol. The Morgan fingerprint density at radius 3 is 0.611 bits per heavy atom. The number of hydrogen-bond acceptors (Lipinski definition) is 0. The van der Waals surface area contributed by atoms with E-state index < -0.39 is 7.26 Å². The summed E-state index contributed by atoms with van der Waals surface area (Å²) in [5.41, 5.74) is 0. The highest BCUT2D eigenvalue weighted by Crippen LogP contribution is 2.61. The second kappa shape index (κ2) is 31.9.